The van der Waals surface area contributed by atoms with Gasteiger partial charge in [-0.05, 0) is 44.5 Å². The molecule has 2 aromatic rings. The van der Waals surface area contributed by atoms with Gasteiger partial charge >= 0.3 is 6.09 Å². The maximum Gasteiger partial charge on any atom is 0.408 e. The van der Waals surface area contributed by atoms with Gasteiger partial charge in [-0.3, -0.25) is 14.6 Å². The summed E-state index contributed by atoms with van der Waals surface area (Å²) in [5.74, 6) is -0.720. The van der Waals surface area contributed by atoms with Crippen LogP contribution in [0, 0.1) is 0 Å². The Kier molecular flexibility index (Phi) is 7.08. The number of aromatic nitrogens is 1. The number of carbonyl (C=O) groups excluding carboxylic acids is 3. The van der Waals surface area contributed by atoms with Gasteiger partial charge in [-0.25, -0.2) is 4.79 Å². The third-order valence-corrected chi connectivity index (χ3v) is 3.42. The van der Waals surface area contributed by atoms with E-state index in [1.807, 2.05) is 0 Å². The third-order valence-electron chi connectivity index (χ3n) is 3.42. The number of pyridine rings is 1. The van der Waals surface area contributed by atoms with E-state index in [0.717, 1.165) is 5.56 Å². The first-order valence-electron chi connectivity index (χ1n) is 8.78. The lowest BCUT2D eigenvalue weighted by atomic mass is 10.1. The fourth-order valence-electron chi connectivity index (χ4n) is 2.22. The molecule has 0 saturated heterocycles. The number of ether oxygens (including phenoxy) is 1. The fourth-order valence-corrected chi connectivity index (χ4v) is 2.22. The van der Waals surface area contributed by atoms with Crippen LogP contribution in [0.4, 0.5) is 10.5 Å². The monoisotopic (exact) mass is 384 g/mol. The first kappa shape index (κ1) is 20.9. The van der Waals surface area contributed by atoms with Gasteiger partial charge in [0.15, 0.2) is 0 Å². The topological polar surface area (TPSA) is 109 Å². The number of anilines is 1. The Bertz CT molecular complexity index is 832. The average Bonchev–Trinajstić information content (AvgIpc) is 2.65. The number of benzene rings is 1. The molecule has 8 nitrogen and oxygen atoms in total. The van der Waals surface area contributed by atoms with Gasteiger partial charge in [0.05, 0.1) is 0 Å². The summed E-state index contributed by atoms with van der Waals surface area (Å²) in [5, 5.41) is 7.88. The quantitative estimate of drug-likeness (QED) is 0.709. The lowest BCUT2D eigenvalue weighted by Crippen LogP contribution is -2.37. The number of hydrogen-bond acceptors (Lipinski definition) is 5. The Balaban J connectivity index is 1.90. The highest BCUT2D eigenvalue weighted by molar-refractivity contribution is 5.95. The maximum absolute atomic E-state index is 12.1. The highest BCUT2D eigenvalue weighted by atomic mass is 16.6. The van der Waals surface area contributed by atoms with Crippen molar-refractivity contribution in [3.05, 3.63) is 59.9 Å². The Hall–Kier alpha value is -3.42. The normalized spacial score (nSPS) is 10.7. The number of alkyl carbamates (subject to hydrolysis) is 1. The van der Waals surface area contributed by atoms with Gasteiger partial charge in [0.25, 0.3) is 5.91 Å². The Morgan fingerprint density at radius 3 is 2.39 bits per heavy atom. The second-order valence-corrected chi connectivity index (χ2v) is 6.96. The predicted molar refractivity (Wildman–Crippen MR) is 105 cm³/mol. The zero-order chi connectivity index (χ0) is 20.6. The van der Waals surface area contributed by atoms with Crippen LogP contribution in [0.25, 0.3) is 0 Å². The van der Waals surface area contributed by atoms with Crippen LogP contribution >= 0.6 is 0 Å². The SMILES string of the molecule is CC(C)(C)OC(=O)NCC(=O)Nc1ccccc1CNC(=O)c1ccccn1. The van der Waals surface area contributed by atoms with Crippen LogP contribution in [0.15, 0.2) is 48.7 Å². The van der Waals surface area contributed by atoms with E-state index in [1.54, 1.807) is 69.4 Å². The van der Waals surface area contributed by atoms with Gasteiger partial charge < -0.3 is 20.7 Å². The zero-order valence-electron chi connectivity index (χ0n) is 16.1. The van der Waals surface area contributed by atoms with Crippen molar-refractivity contribution >= 4 is 23.6 Å². The van der Waals surface area contributed by atoms with Crippen LogP contribution in [0.5, 0.6) is 0 Å². The van der Waals surface area contributed by atoms with Crippen molar-refractivity contribution in [1.82, 2.24) is 15.6 Å². The number of rotatable bonds is 6. The molecule has 0 saturated carbocycles. The minimum Gasteiger partial charge on any atom is -0.444 e. The van der Waals surface area contributed by atoms with E-state index in [4.69, 9.17) is 4.74 Å². The number of carbonyl (C=O) groups is 3. The highest BCUT2D eigenvalue weighted by Crippen LogP contribution is 2.15. The van der Waals surface area contributed by atoms with Gasteiger partial charge in [-0.2, -0.15) is 0 Å². The largest absolute Gasteiger partial charge is 0.444 e. The van der Waals surface area contributed by atoms with Crippen molar-refractivity contribution in [3.63, 3.8) is 0 Å². The van der Waals surface area contributed by atoms with Gasteiger partial charge in [0, 0.05) is 18.4 Å². The zero-order valence-corrected chi connectivity index (χ0v) is 16.1. The molecular weight excluding hydrogens is 360 g/mol. The molecule has 28 heavy (non-hydrogen) atoms. The lowest BCUT2D eigenvalue weighted by Gasteiger charge is -2.19. The molecule has 148 valence electrons. The van der Waals surface area contributed by atoms with Crippen molar-refractivity contribution in [2.24, 2.45) is 0 Å². The molecule has 0 radical (unpaired) electrons. The second kappa shape index (κ2) is 9.50. The lowest BCUT2D eigenvalue weighted by molar-refractivity contribution is -0.115. The molecule has 0 unspecified atom stereocenters. The molecule has 0 fully saturated rings. The third kappa shape index (κ3) is 7.06. The highest BCUT2D eigenvalue weighted by Gasteiger charge is 2.17. The van der Waals surface area contributed by atoms with E-state index < -0.39 is 17.6 Å². The van der Waals surface area contributed by atoms with E-state index in [2.05, 4.69) is 20.9 Å². The number of para-hydroxylation sites is 1. The van der Waals surface area contributed by atoms with Crippen molar-refractivity contribution < 1.29 is 19.1 Å². The summed E-state index contributed by atoms with van der Waals surface area (Å²) < 4.78 is 5.09. The van der Waals surface area contributed by atoms with Crippen LogP contribution in [0.1, 0.15) is 36.8 Å². The molecule has 0 atom stereocenters. The van der Waals surface area contributed by atoms with Gasteiger partial charge in [0.2, 0.25) is 5.91 Å². The minimum absolute atomic E-state index is 0.214. The van der Waals surface area contributed by atoms with E-state index in [-0.39, 0.29) is 19.0 Å². The van der Waals surface area contributed by atoms with E-state index in [1.165, 1.54) is 0 Å². The standard InChI is InChI=1S/C20H24N4O4/c1-20(2,3)28-19(27)23-13-17(25)24-15-9-5-4-8-14(15)12-22-18(26)16-10-6-7-11-21-16/h4-11H,12-13H2,1-3H3,(H,22,26)(H,23,27)(H,24,25). The van der Waals surface area contributed by atoms with Gasteiger partial charge in [-0.15, -0.1) is 0 Å². The number of nitrogens with zero attached hydrogens (tertiary/aromatic N) is 1. The fraction of sp³-hybridized carbons (Fsp3) is 0.300. The summed E-state index contributed by atoms with van der Waals surface area (Å²) in [4.78, 5) is 39.9. The van der Waals surface area contributed by atoms with Crippen LogP contribution in [0.3, 0.4) is 0 Å². The van der Waals surface area contributed by atoms with Crippen molar-refractivity contribution in [1.29, 1.82) is 0 Å². The number of nitrogens with one attached hydrogen (secondary N) is 3. The van der Waals surface area contributed by atoms with Crippen LogP contribution in [-0.2, 0) is 16.1 Å². The first-order chi connectivity index (χ1) is 13.2. The van der Waals surface area contributed by atoms with Crippen LogP contribution in [-0.4, -0.2) is 35.0 Å². The molecule has 0 aliphatic heterocycles. The number of amides is 3. The van der Waals surface area contributed by atoms with Crippen molar-refractivity contribution in [2.75, 3.05) is 11.9 Å². The smallest absolute Gasteiger partial charge is 0.408 e. The van der Waals surface area contributed by atoms with Gasteiger partial charge in [-0.1, -0.05) is 24.3 Å². The molecule has 0 bridgehead atoms. The van der Waals surface area contributed by atoms with Crippen LogP contribution in [0.2, 0.25) is 0 Å². The van der Waals surface area contributed by atoms with E-state index in [9.17, 15) is 14.4 Å². The van der Waals surface area contributed by atoms with E-state index >= 15 is 0 Å². The predicted octanol–water partition coefficient (Wildman–Crippen LogP) is 2.47. The molecule has 0 aliphatic carbocycles. The van der Waals surface area contributed by atoms with Crippen molar-refractivity contribution in [3.8, 4) is 0 Å². The first-order valence-corrected chi connectivity index (χ1v) is 8.78. The van der Waals surface area contributed by atoms with E-state index in [0.29, 0.717) is 11.4 Å². The second-order valence-electron chi connectivity index (χ2n) is 6.96. The maximum atomic E-state index is 12.1. The van der Waals surface area contributed by atoms with Crippen LogP contribution < -0.4 is 16.0 Å². The summed E-state index contributed by atoms with van der Waals surface area (Å²) >= 11 is 0. The Labute approximate surface area is 163 Å². The summed E-state index contributed by atoms with van der Waals surface area (Å²) in [6, 6.07) is 12.1. The summed E-state index contributed by atoms with van der Waals surface area (Å²) in [5.41, 5.74) is 0.932. The minimum atomic E-state index is -0.668. The molecular formula is C20H24N4O4. The molecule has 3 amide bonds. The number of hydrogen-bond donors (Lipinski definition) is 3. The molecule has 1 aromatic carbocycles. The summed E-state index contributed by atoms with van der Waals surface area (Å²) in [6.07, 6.45) is 0.874. The summed E-state index contributed by atoms with van der Waals surface area (Å²) in [6.45, 7) is 5.20. The Morgan fingerprint density at radius 2 is 1.71 bits per heavy atom. The van der Waals surface area contributed by atoms with Crippen molar-refractivity contribution in [2.45, 2.75) is 32.9 Å². The Morgan fingerprint density at radius 1 is 1.00 bits per heavy atom. The summed E-state index contributed by atoms with van der Waals surface area (Å²) in [7, 11) is 0. The molecule has 1 heterocycles. The molecule has 1 aromatic heterocycles. The molecule has 0 spiro atoms. The van der Waals surface area contributed by atoms with Gasteiger partial charge in [0.1, 0.15) is 17.8 Å². The molecule has 2 rings (SSSR count). The molecule has 8 heteroatoms. The molecule has 0 aliphatic rings. The molecule has 3 N–H and O–H groups in total. The average molecular weight is 384 g/mol.